The molecule has 2 nitrogen and oxygen atoms in total. The van der Waals surface area contributed by atoms with Gasteiger partial charge in [-0.05, 0) is 38.2 Å². The van der Waals surface area contributed by atoms with Crippen LogP contribution in [0, 0.1) is 5.92 Å². The molecule has 3 rings (SSSR count). The van der Waals surface area contributed by atoms with E-state index in [9.17, 15) is 0 Å². The number of nitrogens with one attached hydrogen (secondary N) is 1. The number of fused-ring (bicyclic) bond motifs is 1. The molecule has 1 heterocycles. The summed E-state index contributed by atoms with van der Waals surface area (Å²) >= 11 is 0. The molecule has 2 atom stereocenters. The molecule has 1 aliphatic carbocycles. The van der Waals surface area contributed by atoms with E-state index in [0.29, 0.717) is 6.04 Å². The molecule has 1 aromatic rings. The number of rotatable bonds is 4. The van der Waals surface area contributed by atoms with Gasteiger partial charge in [-0.2, -0.15) is 0 Å². The Morgan fingerprint density at radius 3 is 2.86 bits per heavy atom. The summed E-state index contributed by atoms with van der Waals surface area (Å²) in [5.74, 6) is 1.99. The molecule has 1 aromatic carbocycles. The Kier molecular flexibility index (Phi) is 4.26. The molecular weight excluding hydrogens is 258 g/mol. The number of benzene rings is 1. The van der Waals surface area contributed by atoms with E-state index in [0.717, 1.165) is 24.6 Å². The predicted molar refractivity (Wildman–Crippen MR) is 87.7 cm³/mol. The van der Waals surface area contributed by atoms with Crippen LogP contribution in [-0.4, -0.2) is 11.6 Å². The summed E-state index contributed by atoms with van der Waals surface area (Å²) < 4.78 is 6.18. The third-order valence-corrected chi connectivity index (χ3v) is 5.16. The average Bonchev–Trinajstić information content (AvgIpc) is 2.79. The van der Waals surface area contributed by atoms with Gasteiger partial charge in [0.1, 0.15) is 11.4 Å². The second-order valence-electron chi connectivity index (χ2n) is 7.38. The highest BCUT2D eigenvalue weighted by molar-refractivity contribution is 5.45. The first-order chi connectivity index (χ1) is 10.1. The number of para-hydroxylation sites is 1. The average molecular weight is 287 g/mol. The Bertz CT molecular complexity index is 494. The van der Waals surface area contributed by atoms with Crippen LogP contribution in [0.25, 0.3) is 0 Å². The molecule has 1 fully saturated rings. The highest BCUT2D eigenvalue weighted by Gasteiger charge is 2.31. The zero-order valence-corrected chi connectivity index (χ0v) is 13.7. The summed E-state index contributed by atoms with van der Waals surface area (Å²) in [4.78, 5) is 0. The van der Waals surface area contributed by atoms with Crippen LogP contribution in [0.5, 0.6) is 5.75 Å². The van der Waals surface area contributed by atoms with Crippen molar-refractivity contribution in [3.63, 3.8) is 0 Å². The van der Waals surface area contributed by atoms with Gasteiger partial charge in [-0.1, -0.05) is 44.4 Å². The fourth-order valence-corrected chi connectivity index (χ4v) is 4.02. The van der Waals surface area contributed by atoms with Crippen molar-refractivity contribution in [2.75, 3.05) is 0 Å². The van der Waals surface area contributed by atoms with Crippen molar-refractivity contribution in [1.82, 2.24) is 5.32 Å². The van der Waals surface area contributed by atoms with Gasteiger partial charge >= 0.3 is 0 Å². The van der Waals surface area contributed by atoms with Crippen molar-refractivity contribution in [2.24, 2.45) is 5.92 Å². The smallest absolute Gasteiger partial charge is 0.127 e. The van der Waals surface area contributed by atoms with Gasteiger partial charge in [0.15, 0.2) is 0 Å². The zero-order chi connectivity index (χ0) is 14.9. The van der Waals surface area contributed by atoms with Gasteiger partial charge in [0.2, 0.25) is 0 Å². The lowest BCUT2D eigenvalue weighted by atomic mass is 9.83. The summed E-state index contributed by atoms with van der Waals surface area (Å²) in [6, 6.07) is 7.30. The predicted octanol–water partition coefficient (Wildman–Crippen LogP) is 4.46. The first-order valence-corrected chi connectivity index (χ1v) is 8.62. The molecule has 0 bridgehead atoms. The molecule has 21 heavy (non-hydrogen) atoms. The van der Waals surface area contributed by atoms with Crippen LogP contribution < -0.4 is 10.1 Å². The Hall–Kier alpha value is -1.02. The molecule has 2 heteroatoms. The van der Waals surface area contributed by atoms with Crippen LogP contribution >= 0.6 is 0 Å². The first-order valence-electron chi connectivity index (χ1n) is 8.62. The van der Waals surface area contributed by atoms with Gasteiger partial charge in [0.05, 0.1) is 0 Å². The van der Waals surface area contributed by atoms with Crippen molar-refractivity contribution in [3.05, 3.63) is 29.3 Å². The van der Waals surface area contributed by atoms with Gasteiger partial charge in [-0.15, -0.1) is 0 Å². The molecule has 0 radical (unpaired) electrons. The lowest BCUT2D eigenvalue weighted by Gasteiger charge is -2.32. The maximum atomic E-state index is 6.18. The molecule has 1 aliphatic heterocycles. The highest BCUT2D eigenvalue weighted by Crippen LogP contribution is 2.37. The minimum absolute atomic E-state index is 0.0464. The van der Waals surface area contributed by atoms with Crippen LogP contribution in [0.2, 0.25) is 0 Å². The molecule has 2 unspecified atom stereocenters. The van der Waals surface area contributed by atoms with Crippen LogP contribution in [0.15, 0.2) is 18.2 Å². The Morgan fingerprint density at radius 1 is 1.24 bits per heavy atom. The third kappa shape index (κ3) is 3.26. The molecule has 0 saturated heterocycles. The van der Waals surface area contributed by atoms with E-state index in [1.165, 1.54) is 43.2 Å². The van der Waals surface area contributed by atoms with Gasteiger partial charge in [0, 0.05) is 24.6 Å². The van der Waals surface area contributed by atoms with Gasteiger partial charge in [-0.25, -0.2) is 0 Å². The lowest BCUT2D eigenvalue weighted by molar-refractivity contribution is 0.136. The van der Waals surface area contributed by atoms with E-state index >= 15 is 0 Å². The summed E-state index contributed by atoms with van der Waals surface area (Å²) in [5.41, 5.74) is 2.66. The minimum atomic E-state index is -0.0464. The van der Waals surface area contributed by atoms with Gasteiger partial charge < -0.3 is 10.1 Å². The molecule has 2 aliphatic rings. The molecular formula is C19H29NO. The van der Waals surface area contributed by atoms with Crippen LogP contribution in [0.1, 0.15) is 64.0 Å². The van der Waals surface area contributed by atoms with Gasteiger partial charge in [-0.3, -0.25) is 0 Å². The van der Waals surface area contributed by atoms with E-state index < -0.39 is 0 Å². The van der Waals surface area contributed by atoms with Crippen molar-refractivity contribution >= 4 is 0 Å². The molecule has 0 aromatic heterocycles. The summed E-state index contributed by atoms with van der Waals surface area (Å²) in [7, 11) is 0. The zero-order valence-electron chi connectivity index (χ0n) is 13.7. The van der Waals surface area contributed by atoms with Crippen molar-refractivity contribution in [3.8, 4) is 5.75 Å². The molecule has 1 saturated carbocycles. The minimum Gasteiger partial charge on any atom is -0.487 e. The fourth-order valence-electron chi connectivity index (χ4n) is 4.02. The maximum Gasteiger partial charge on any atom is 0.127 e. The van der Waals surface area contributed by atoms with E-state index in [2.05, 4.69) is 44.3 Å². The van der Waals surface area contributed by atoms with Crippen molar-refractivity contribution < 1.29 is 4.74 Å². The van der Waals surface area contributed by atoms with Crippen LogP contribution in [0.4, 0.5) is 0 Å². The topological polar surface area (TPSA) is 21.3 Å². The van der Waals surface area contributed by atoms with E-state index in [-0.39, 0.29) is 5.60 Å². The maximum absolute atomic E-state index is 6.18. The lowest BCUT2D eigenvalue weighted by Crippen LogP contribution is -2.37. The number of ether oxygens (including phenoxy) is 1. The third-order valence-electron chi connectivity index (χ3n) is 5.16. The Morgan fingerprint density at radius 2 is 2.05 bits per heavy atom. The number of hydrogen-bond donors (Lipinski definition) is 1. The first kappa shape index (κ1) is 14.9. The quantitative estimate of drug-likeness (QED) is 0.883. The van der Waals surface area contributed by atoms with E-state index in [1.54, 1.807) is 0 Å². The monoisotopic (exact) mass is 287 g/mol. The standard InChI is InChI=1S/C19H29NO/c1-4-14-8-5-6-11-17(14)20-13-16-10-7-9-15-12-19(2,3)21-18(15)16/h7,9-10,14,17,20H,4-6,8,11-13H2,1-3H3. The van der Waals surface area contributed by atoms with E-state index in [4.69, 9.17) is 4.74 Å². The number of hydrogen-bond acceptors (Lipinski definition) is 2. The molecule has 0 amide bonds. The normalized spacial score (nSPS) is 27.2. The summed E-state index contributed by atoms with van der Waals surface area (Å²) in [6.45, 7) is 7.63. The summed E-state index contributed by atoms with van der Waals surface area (Å²) in [6.07, 6.45) is 7.84. The Labute approximate surface area is 129 Å². The second kappa shape index (κ2) is 6.00. The largest absolute Gasteiger partial charge is 0.487 e. The highest BCUT2D eigenvalue weighted by atomic mass is 16.5. The van der Waals surface area contributed by atoms with Crippen LogP contribution in [-0.2, 0) is 13.0 Å². The SMILES string of the molecule is CCC1CCCCC1NCc1cccc2c1OC(C)(C)C2. The van der Waals surface area contributed by atoms with E-state index in [1.807, 2.05) is 0 Å². The summed E-state index contributed by atoms with van der Waals surface area (Å²) in [5, 5.41) is 3.82. The molecule has 1 N–H and O–H groups in total. The fraction of sp³-hybridized carbons (Fsp3) is 0.684. The molecule has 116 valence electrons. The second-order valence-corrected chi connectivity index (χ2v) is 7.38. The molecule has 0 spiro atoms. The van der Waals surface area contributed by atoms with Crippen LogP contribution in [0.3, 0.4) is 0 Å². The van der Waals surface area contributed by atoms with Crippen molar-refractivity contribution in [1.29, 1.82) is 0 Å². The Balaban J connectivity index is 1.68. The van der Waals surface area contributed by atoms with Gasteiger partial charge in [0.25, 0.3) is 0 Å². The van der Waals surface area contributed by atoms with Crippen molar-refractivity contribution in [2.45, 2.75) is 77.5 Å².